The Morgan fingerprint density at radius 1 is 1.40 bits per heavy atom. The second kappa shape index (κ2) is 4.93. The van der Waals surface area contributed by atoms with Gasteiger partial charge in [-0.3, -0.25) is 4.57 Å². The second-order valence-electron chi connectivity index (χ2n) is 3.95. The average molecular weight is 297 g/mol. The van der Waals surface area contributed by atoms with Crippen LogP contribution in [0.25, 0.3) is 5.69 Å². The van der Waals surface area contributed by atoms with Crippen molar-refractivity contribution in [2.75, 3.05) is 13.4 Å². The van der Waals surface area contributed by atoms with E-state index in [0.29, 0.717) is 5.69 Å². The highest BCUT2D eigenvalue weighted by Gasteiger charge is 2.19. The van der Waals surface area contributed by atoms with Crippen molar-refractivity contribution in [3.63, 3.8) is 0 Å². The summed E-state index contributed by atoms with van der Waals surface area (Å²) in [6.07, 6.45) is 2.19. The van der Waals surface area contributed by atoms with Crippen LogP contribution in [0, 0.1) is 0 Å². The lowest BCUT2D eigenvalue weighted by Crippen LogP contribution is -2.08. The van der Waals surface area contributed by atoms with E-state index in [1.54, 1.807) is 0 Å². The van der Waals surface area contributed by atoms with Gasteiger partial charge in [-0.05, 0) is 18.2 Å². The summed E-state index contributed by atoms with van der Waals surface area (Å²) in [5, 5.41) is 15.9. The molecule has 0 amide bonds. The van der Waals surface area contributed by atoms with E-state index in [1.807, 2.05) is 0 Å². The van der Waals surface area contributed by atoms with Gasteiger partial charge >= 0.3 is 5.97 Å². The number of methoxy groups -OCH3 is 1. The number of aromatic nitrogens is 3. The zero-order valence-corrected chi connectivity index (χ0v) is 11.5. The Bertz CT molecular complexity index is 766. The zero-order valence-electron chi connectivity index (χ0n) is 10.6. The van der Waals surface area contributed by atoms with Crippen LogP contribution in [0.3, 0.4) is 0 Å². The predicted octanol–water partition coefficient (Wildman–Crippen LogP) is 0.378. The number of hydrogen-bond donors (Lipinski definition) is 1. The maximum atomic E-state index is 11.6. The minimum atomic E-state index is -3.58. The SMILES string of the molecule is COc1ccc(-n2cnnc2S(C)(=O)=O)cc1C(=O)O. The van der Waals surface area contributed by atoms with Crippen molar-refractivity contribution in [1.29, 1.82) is 0 Å². The fourth-order valence-electron chi connectivity index (χ4n) is 1.67. The highest BCUT2D eigenvalue weighted by atomic mass is 32.2. The van der Waals surface area contributed by atoms with Gasteiger partial charge in [0.05, 0.1) is 12.8 Å². The Kier molecular flexibility index (Phi) is 3.45. The van der Waals surface area contributed by atoms with E-state index in [4.69, 9.17) is 9.84 Å². The first-order valence-electron chi connectivity index (χ1n) is 5.36. The maximum absolute atomic E-state index is 11.6. The molecule has 0 radical (unpaired) electrons. The third-order valence-electron chi connectivity index (χ3n) is 2.54. The van der Waals surface area contributed by atoms with E-state index in [1.165, 1.54) is 36.2 Å². The summed E-state index contributed by atoms with van der Waals surface area (Å²) in [5.74, 6) is -1.01. The lowest BCUT2D eigenvalue weighted by molar-refractivity contribution is 0.0693. The molecule has 2 rings (SSSR count). The topological polar surface area (TPSA) is 111 Å². The van der Waals surface area contributed by atoms with Crippen LogP contribution in [0.5, 0.6) is 5.75 Å². The molecule has 106 valence electrons. The first kappa shape index (κ1) is 14.0. The highest BCUT2D eigenvalue weighted by molar-refractivity contribution is 7.90. The van der Waals surface area contributed by atoms with Crippen LogP contribution in [0.2, 0.25) is 0 Å². The molecule has 0 saturated heterocycles. The number of carbonyl (C=O) groups is 1. The largest absolute Gasteiger partial charge is 0.496 e. The summed E-state index contributed by atoms with van der Waals surface area (Å²) in [5.41, 5.74) is 0.228. The molecule has 0 fully saturated rings. The monoisotopic (exact) mass is 297 g/mol. The van der Waals surface area contributed by atoms with Gasteiger partial charge in [-0.15, -0.1) is 10.2 Å². The molecule has 0 atom stereocenters. The molecule has 1 aromatic carbocycles. The molecule has 0 bridgehead atoms. The Morgan fingerprint density at radius 2 is 2.10 bits per heavy atom. The third kappa shape index (κ3) is 2.48. The number of hydrogen-bond acceptors (Lipinski definition) is 6. The molecule has 9 heteroatoms. The molecular formula is C11H11N3O5S. The van der Waals surface area contributed by atoms with Gasteiger partial charge in [-0.1, -0.05) is 0 Å². The maximum Gasteiger partial charge on any atom is 0.339 e. The summed E-state index contributed by atoms with van der Waals surface area (Å²) in [6.45, 7) is 0. The smallest absolute Gasteiger partial charge is 0.339 e. The highest BCUT2D eigenvalue weighted by Crippen LogP contribution is 2.23. The molecule has 0 unspecified atom stereocenters. The first-order valence-corrected chi connectivity index (χ1v) is 7.25. The fourth-order valence-corrected chi connectivity index (χ4v) is 2.37. The molecule has 0 spiro atoms. The minimum absolute atomic E-state index is 0.0850. The second-order valence-corrected chi connectivity index (χ2v) is 5.85. The van der Waals surface area contributed by atoms with E-state index >= 15 is 0 Å². The molecule has 1 aromatic heterocycles. The molecule has 0 aliphatic heterocycles. The van der Waals surface area contributed by atoms with Crippen molar-refractivity contribution in [2.24, 2.45) is 0 Å². The van der Waals surface area contributed by atoms with Crippen molar-refractivity contribution >= 4 is 15.8 Å². The van der Waals surface area contributed by atoms with E-state index < -0.39 is 15.8 Å². The van der Waals surface area contributed by atoms with Gasteiger partial charge in [0, 0.05) is 6.26 Å². The fraction of sp³-hybridized carbons (Fsp3) is 0.182. The molecule has 0 aliphatic rings. The number of sulfone groups is 1. The lowest BCUT2D eigenvalue weighted by atomic mass is 10.2. The third-order valence-corrected chi connectivity index (χ3v) is 3.48. The number of rotatable bonds is 4. The number of carboxylic acids is 1. The van der Waals surface area contributed by atoms with E-state index in [-0.39, 0.29) is 16.5 Å². The Morgan fingerprint density at radius 3 is 2.65 bits per heavy atom. The van der Waals surface area contributed by atoms with E-state index in [2.05, 4.69) is 10.2 Å². The van der Waals surface area contributed by atoms with Crippen LogP contribution in [0.15, 0.2) is 29.7 Å². The molecule has 20 heavy (non-hydrogen) atoms. The number of benzene rings is 1. The van der Waals surface area contributed by atoms with Crippen LogP contribution in [-0.2, 0) is 9.84 Å². The van der Waals surface area contributed by atoms with Gasteiger partial charge in [0.1, 0.15) is 17.6 Å². The van der Waals surface area contributed by atoms with Crippen molar-refractivity contribution in [2.45, 2.75) is 5.16 Å². The number of aromatic carboxylic acids is 1. The Hall–Kier alpha value is -2.42. The number of carboxylic acid groups (broad SMARTS) is 1. The van der Waals surface area contributed by atoms with Gasteiger partial charge < -0.3 is 9.84 Å². The normalized spacial score (nSPS) is 11.3. The van der Waals surface area contributed by atoms with Crippen molar-refractivity contribution < 1.29 is 23.1 Å². The van der Waals surface area contributed by atoms with Gasteiger partial charge in [-0.25, -0.2) is 13.2 Å². The first-order chi connectivity index (χ1) is 9.34. The minimum Gasteiger partial charge on any atom is -0.496 e. The van der Waals surface area contributed by atoms with Crippen molar-refractivity contribution in [3.8, 4) is 11.4 Å². The van der Waals surface area contributed by atoms with Crippen LogP contribution < -0.4 is 4.74 Å². The quantitative estimate of drug-likeness (QED) is 0.868. The van der Waals surface area contributed by atoms with Crippen LogP contribution in [0.4, 0.5) is 0 Å². The summed E-state index contributed by atoms with van der Waals surface area (Å²) in [6, 6.07) is 4.24. The molecule has 8 nitrogen and oxygen atoms in total. The molecule has 2 aromatic rings. The van der Waals surface area contributed by atoms with Gasteiger partial charge in [0.2, 0.25) is 9.84 Å². The van der Waals surface area contributed by atoms with Gasteiger partial charge in [0.25, 0.3) is 5.16 Å². The average Bonchev–Trinajstić information content (AvgIpc) is 2.87. The van der Waals surface area contributed by atoms with Crippen molar-refractivity contribution in [1.82, 2.24) is 14.8 Å². The summed E-state index contributed by atoms with van der Waals surface area (Å²) in [7, 11) is -2.23. The molecule has 0 saturated carbocycles. The predicted molar refractivity (Wildman–Crippen MR) is 68.0 cm³/mol. The van der Waals surface area contributed by atoms with E-state index in [9.17, 15) is 13.2 Å². The molecular weight excluding hydrogens is 286 g/mol. The van der Waals surface area contributed by atoms with E-state index in [0.717, 1.165) is 6.26 Å². The van der Waals surface area contributed by atoms with Gasteiger partial charge in [0.15, 0.2) is 0 Å². The zero-order chi connectivity index (χ0) is 14.9. The van der Waals surface area contributed by atoms with Gasteiger partial charge in [-0.2, -0.15) is 0 Å². The molecule has 1 N–H and O–H groups in total. The lowest BCUT2D eigenvalue weighted by Gasteiger charge is -2.09. The van der Waals surface area contributed by atoms with Crippen LogP contribution >= 0.6 is 0 Å². The van der Waals surface area contributed by atoms with Crippen LogP contribution in [-0.4, -0.2) is 47.6 Å². The summed E-state index contributed by atoms with van der Waals surface area (Å²) >= 11 is 0. The Labute approximate surface area is 114 Å². The molecule has 0 aliphatic carbocycles. The summed E-state index contributed by atoms with van der Waals surface area (Å²) < 4.78 is 29.3. The summed E-state index contributed by atoms with van der Waals surface area (Å²) in [4.78, 5) is 11.1. The molecule has 1 heterocycles. The number of nitrogens with zero attached hydrogens (tertiary/aromatic N) is 3. The standard InChI is InChI=1S/C11H11N3O5S/c1-19-9-4-3-7(5-8(9)10(15)16)14-6-12-13-11(14)20(2,17)18/h3-6H,1-2H3,(H,15,16). The Balaban J connectivity index is 2.63. The number of ether oxygens (including phenoxy) is 1. The van der Waals surface area contributed by atoms with Crippen LogP contribution in [0.1, 0.15) is 10.4 Å². The van der Waals surface area contributed by atoms with Crippen molar-refractivity contribution in [3.05, 3.63) is 30.1 Å².